The van der Waals surface area contributed by atoms with Crippen LogP contribution in [0.3, 0.4) is 0 Å². The minimum Gasteiger partial charge on any atom is -0.339 e. The molecule has 1 rings (SSSR count). The van der Waals surface area contributed by atoms with Gasteiger partial charge in [0.2, 0.25) is 5.89 Å². The van der Waals surface area contributed by atoms with Gasteiger partial charge in [-0.15, -0.1) is 0 Å². The van der Waals surface area contributed by atoms with Crippen LogP contribution in [0.5, 0.6) is 0 Å². The van der Waals surface area contributed by atoms with Gasteiger partial charge in [0.1, 0.15) is 0 Å². The summed E-state index contributed by atoms with van der Waals surface area (Å²) in [6, 6.07) is 0.325. The Bertz CT molecular complexity index is 365. The molecule has 1 atom stereocenters. The van der Waals surface area contributed by atoms with Crippen molar-refractivity contribution >= 4 is 0 Å². The first-order chi connectivity index (χ1) is 8.90. The molecule has 1 aromatic rings. The summed E-state index contributed by atoms with van der Waals surface area (Å²) in [5.41, 5.74) is 0. The highest BCUT2D eigenvalue weighted by atomic mass is 19.4. The van der Waals surface area contributed by atoms with Gasteiger partial charge in [0.25, 0.3) is 0 Å². The number of hydrogen-bond acceptors (Lipinski definition) is 4. The largest absolute Gasteiger partial charge is 0.389 e. The second-order valence-electron chi connectivity index (χ2n) is 4.61. The van der Waals surface area contributed by atoms with Crippen LogP contribution in [0.25, 0.3) is 0 Å². The average molecular weight is 279 g/mol. The van der Waals surface area contributed by atoms with E-state index in [9.17, 15) is 13.2 Å². The molecule has 0 saturated carbocycles. The fraction of sp³-hybridized carbons (Fsp3) is 0.833. The number of halogens is 3. The van der Waals surface area contributed by atoms with Gasteiger partial charge in [-0.05, 0) is 26.3 Å². The third-order valence-electron chi connectivity index (χ3n) is 2.68. The third kappa shape index (κ3) is 7.15. The maximum atomic E-state index is 12.0. The fourth-order valence-corrected chi connectivity index (χ4v) is 1.58. The average Bonchev–Trinajstić information content (AvgIpc) is 2.78. The smallest absolute Gasteiger partial charge is 0.339 e. The lowest BCUT2D eigenvalue weighted by atomic mass is 10.2. The van der Waals surface area contributed by atoms with Crippen LogP contribution >= 0.6 is 0 Å². The quantitative estimate of drug-likeness (QED) is 0.795. The molecule has 1 heterocycles. The summed E-state index contributed by atoms with van der Waals surface area (Å²) in [6.07, 6.45) is -2.86. The van der Waals surface area contributed by atoms with Crippen LogP contribution in [0.1, 0.15) is 44.8 Å². The van der Waals surface area contributed by atoms with Crippen molar-refractivity contribution in [3.8, 4) is 0 Å². The normalized spacial score (nSPS) is 13.7. The van der Waals surface area contributed by atoms with E-state index >= 15 is 0 Å². The van der Waals surface area contributed by atoms with Gasteiger partial charge < -0.3 is 9.84 Å². The Balaban J connectivity index is 2.30. The van der Waals surface area contributed by atoms with Gasteiger partial charge in [-0.3, -0.25) is 0 Å². The highest BCUT2D eigenvalue weighted by Gasteiger charge is 2.27. The lowest BCUT2D eigenvalue weighted by Crippen LogP contribution is -2.27. The van der Waals surface area contributed by atoms with Crippen LogP contribution in [0.15, 0.2) is 4.52 Å². The Morgan fingerprint density at radius 3 is 2.68 bits per heavy atom. The lowest BCUT2D eigenvalue weighted by molar-refractivity contribution is -0.134. The summed E-state index contributed by atoms with van der Waals surface area (Å²) < 4.78 is 41.0. The van der Waals surface area contributed by atoms with Crippen molar-refractivity contribution in [1.29, 1.82) is 0 Å². The highest BCUT2D eigenvalue weighted by Crippen LogP contribution is 2.21. The fourth-order valence-electron chi connectivity index (χ4n) is 1.58. The molecule has 0 aromatic carbocycles. The molecule has 110 valence electrons. The van der Waals surface area contributed by atoms with Gasteiger partial charge in [0.15, 0.2) is 5.82 Å². The first kappa shape index (κ1) is 15.9. The number of aryl methyl sites for hydroxylation is 2. The molecule has 0 bridgehead atoms. The van der Waals surface area contributed by atoms with E-state index in [-0.39, 0.29) is 12.2 Å². The number of alkyl halides is 3. The molecular weight excluding hydrogens is 259 g/mol. The molecule has 0 aliphatic rings. The second-order valence-corrected chi connectivity index (χ2v) is 4.61. The van der Waals surface area contributed by atoms with Gasteiger partial charge in [0.05, 0.1) is 6.42 Å². The Labute approximate surface area is 110 Å². The van der Waals surface area contributed by atoms with Crippen LogP contribution in [-0.4, -0.2) is 28.9 Å². The number of rotatable bonds is 8. The number of nitrogens with one attached hydrogen (secondary N) is 1. The molecule has 0 amide bonds. The summed E-state index contributed by atoms with van der Waals surface area (Å²) in [7, 11) is 0. The zero-order valence-corrected chi connectivity index (χ0v) is 11.3. The molecule has 19 heavy (non-hydrogen) atoms. The molecule has 0 aliphatic carbocycles. The minimum absolute atomic E-state index is 0.126. The number of aromatic nitrogens is 2. The predicted molar refractivity (Wildman–Crippen MR) is 64.8 cm³/mol. The van der Waals surface area contributed by atoms with E-state index in [0.29, 0.717) is 18.4 Å². The van der Waals surface area contributed by atoms with Crippen LogP contribution < -0.4 is 5.32 Å². The molecule has 1 unspecified atom stereocenters. The molecule has 7 heteroatoms. The van der Waals surface area contributed by atoms with Crippen molar-refractivity contribution in [2.75, 3.05) is 6.54 Å². The first-order valence-corrected chi connectivity index (χ1v) is 6.52. The van der Waals surface area contributed by atoms with E-state index in [4.69, 9.17) is 4.52 Å². The second kappa shape index (κ2) is 7.47. The first-order valence-electron chi connectivity index (χ1n) is 6.52. The minimum atomic E-state index is -4.18. The molecule has 0 fully saturated rings. The molecule has 1 aromatic heterocycles. The summed E-state index contributed by atoms with van der Waals surface area (Å²) in [6.45, 7) is 5.09. The van der Waals surface area contributed by atoms with Crippen molar-refractivity contribution in [2.45, 2.75) is 58.2 Å². The predicted octanol–water partition coefficient (Wildman–Crippen LogP) is 2.89. The molecule has 0 radical (unpaired) electrons. The third-order valence-corrected chi connectivity index (χ3v) is 2.68. The molecule has 4 nitrogen and oxygen atoms in total. The Morgan fingerprint density at radius 1 is 1.32 bits per heavy atom. The topological polar surface area (TPSA) is 51.0 Å². The van der Waals surface area contributed by atoms with Crippen LogP contribution in [-0.2, 0) is 12.8 Å². The number of hydrogen-bond donors (Lipinski definition) is 1. The molecular formula is C12H20F3N3O. The molecule has 1 N–H and O–H groups in total. The van der Waals surface area contributed by atoms with Crippen molar-refractivity contribution in [3.63, 3.8) is 0 Å². The number of nitrogens with zero attached hydrogens (tertiary/aromatic N) is 2. The zero-order valence-electron chi connectivity index (χ0n) is 11.3. The maximum absolute atomic E-state index is 12.0. The van der Waals surface area contributed by atoms with Gasteiger partial charge in [-0.25, -0.2) is 0 Å². The lowest BCUT2D eigenvalue weighted by Gasteiger charge is -2.10. The van der Waals surface area contributed by atoms with Crippen molar-refractivity contribution in [2.24, 2.45) is 0 Å². The van der Waals surface area contributed by atoms with Gasteiger partial charge in [-0.1, -0.05) is 12.1 Å². The summed E-state index contributed by atoms with van der Waals surface area (Å²) >= 11 is 0. The maximum Gasteiger partial charge on any atom is 0.389 e. The monoisotopic (exact) mass is 279 g/mol. The van der Waals surface area contributed by atoms with Gasteiger partial charge >= 0.3 is 6.18 Å². The highest BCUT2D eigenvalue weighted by molar-refractivity contribution is 4.88. The van der Waals surface area contributed by atoms with Crippen LogP contribution in [0.4, 0.5) is 13.2 Å². The van der Waals surface area contributed by atoms with E-state index in [1.54, 1.807) is 0 Å². The van der Waals surface area contributed by atoms with Crippen LogP contribution in [0, 0.1) is 0 Å². The summed E-state index contributed by atoms with van der Waals surface area (Å²) in [5, 5.41) is 6.87. The Hall–Kier alpha value is -1.11. The molecule has 0 spiro atoms. The van der Waals surface area contributed by atoms with Crippen molar-refractivity contribution < 1.29 is 17.7 Å². The van der Waals surface area contributed by atoms with Crippen LogP contribution in [0.2, 0.25) is 0 Å². The Morgan fingerprint density at radius 2 is 2.05 bits per heavy atom. The Kier molecular flexibility index (Phi) is 6.27. The van der Waals surface area contributed by atoms with E-state index in [0.717, 1.165) is 19.4 Å². The summed E-state index contributed by atoms with van der Waals surface area (Å²) in [5.74, 6) is 0.531. The standard InChI is InChI=1S/C12H20F3N3O/c1-3-8-16-9(2)4-5-11-17-10(18-19-11)6-7-12(13,14)15/h9,16H,3-8H2,1-2H3. The van der Waals surface area contributed by atoms with Gasteiger partial charge in [0, 0.05) is 18.9 Å². The van der Waals surface area contributed by atoms with E-state index in [1.807, 2.05) is 0 Å². The zero-order chi connectivity index (χ0) is 14.3. The van der Waals surface area contributed by atoms with Gasteiger partial charge in [-0.2, -0.15) is 18.2 Å². The SMILES string of the molecule is CCCNC(C)CCc1nc(CCC(F)(F)F)no1. The van der Waals surface area contributed by atoms with E-state index in [1.165, 1.54) is 0 Å². The van der Waals surface area contributed by atoms with E-state index < -0.39 is 12.6 Å². The van der Waals surface area contributed by atoms with E-state index in [2.05, 4.69) is 29.3 Å². The van der Waals surface area contributed by atoms with Crippen molar-refractivity contribution in [1.82, 2.24) is 15.5 Å². The summed E-state index contributed by atoms with van der Waals surface area (Å²) in [4.78, 5) is 3.96. The van der Waals surface area contributed by atoms with Crippen molar-refractivity contribution in [3.05, 3.63) is 11.7 Å². The molecule has 0 aliphatic heterocycles. The molecule has 0 saturated heterocycles.